The van der Waals surface area contributed by atoms with Gasteiger partial charge in [0.25, 0.3) is 0 Å². The molecule has 0 atom stereocenters. The highest BCUT2D eigenvalue weighted by Gasteiger charge is 2.21. The fraction of sp³-hybridized carbons (Fsp3) is 0.333. The molecule has 0 aliphatic heterocycles. The molecule has 0 saturated heterocycles. The van der Waals surface area contributed by atoms with Gasteiger partial charge in [-0.2, -0.15) is 0 Å². The zero-order valence-electron chi connectivity index (χ0n) is 19.7. The van der Waals surface area contributed by atoms with Crippen molar-refractivity contribution in [1.29, 1.82) is 0 Å². The minimum Gasteiger partial charge on any atom is -0.490 e. The van der Waals surface area contributed by atoms with Crippen LogP contribution in [0.2, 0.25) is 0 Å². The van der Waals surface area contributed by atoms with Crippen molar-refractivity contribution in [2.24, 2.45) is 0 Å². The second-order valence-corrected chi connectivity index (χ2v) is 14.1. The van der Waals surface area contributed by atoms with Crippen LogP contribution in [0.25, 0.3) is 0 Å². The summed E-state index contributed by atoms with van der Waals surface area (Å²) in [5, 5.41) is 0. The predicted molar refractivity (Wildman–Crippen MR) is 147 cm³/mol. The highest BCUT2D eigenvalue weighted by Crippen LogP contribution is 2.30. The van der Waals surface area contributed by atoms with Crippen molar-refractivity contribution in [2.75, 3.05) is 20.3 Å². The summed E-state index contributed by atoms with van der Waals surface area (Å²) in [6.07, 6.45) is 0. The summed E-state index contributed by atoms with van der Waals surface area (Å²) in [6, 6.07) is 19.8. The molecule has 176 valence electrons. The normalized spacial score (nSPS) is 11.5. The van der Waals surface area contributed by atoms with E-state index in [2.05, 4.69) is 127 Å². The lowest BCUT2D eigenvalue weighted by molar-refractivity contribution is -0.598. The monoisotopic (exact) mass is 783 g/mol. The van der Waals surface area contributed by atoms with Crippen LogP contribution in [0, 0.1) is 21.2 Å². The second kappa shape index (κ2) is 12.4. The van der Waals surface area contributed by atoms with E-state index in [9.17, 15) is 0 Å². The number of rotatable bonds is 9. The van der Waals surface area contributed by atoms with Gasteiger partial charge in [0.1, 0.15) is 24.7 Å². The Morgan fingerprint density at radius 1 is 0.879 bits per heavy atom. The molecule has 0 aliphatic carbocycles. The molecular weight excluding hydrogens is 753 g/mol. The van der Waals surface area contributed by atoms with E-state index in [1.54, 1.807) is 7.11 Å². The van der Waals surface area contributed by atoms with Crippen LogP contribution in [0.5, 0.6) is 11.5 Å². The molecular formula is C27H30I3O3+. The third-order valence-electron chi connectivity index (χ3n) is 5.06. The molecule has 0 aliphatic rings. The highest BCUT2D eigenvalue weighted by atomic mass is 127. The van der Waals surface area contributed by atoms with Gasteiger partial charge < -0.3 is 14.2 Å². The van der Waals surface area contributed by atoms with E-state index in [-0.39, 0.29) is 26.6 Å². The first-order valence-corrected chi connectivity index (χ1v) is 15.1. The van der Waals surface area contributed by atoms with E-state index < -0.39 is 0 Å². The standard InChI is InChI=1S/C27H30I3O3/c1-18-14-23(10-11-25(18)30-22-8-6-20(7-9-22)27(2,3)4)33-17-19-15-21(28)16-24(29)26(19)32-13-12-31-5/h6-11,14-16H,12-13,17H2,1-5H3/q+1. The lowest BCUT2D eigenvalue weighted by Crippen LogP contribution is -3.61. The van der Waals surface area contributed by atoms with Crippen LogP contribution < -0.4 is 30.7 Å². The summed E-state index contributed by atoms with van der Waals surface area (Å²) in [5.41, 5.74) is 3.91. The molecule has 0 saturated carbocycles. The van der Waals surface area contributed by atoms with Crippen LogP contribution in [-0.4, -0.2) is 20.3 Å². The van der Waals surface area contributed by atoms with Gasteiger partial charge in [-0.1, -0.05) is 32.9 Å². The Kier molecular flexibility index (Phi) is 10.1. The SMILES string of the molecule is COCCOc1c(I)cc(I)cc1COc1ccc([I+]c2ccc(C(C)(C)C)cc2)c(C)c1. The van der Waals surface area contributed by atoms with Gasteiger partial charge >= 0.3 is 21.2 Å². The maximum Gasteiger partial charge on any atom is 0.358 e. The van der Waals surface area contributed by atoms with Crippen molar-refractivity contribution in [1.82, 2.24) is 0 Å². The van der Waals surface area contributed by atoms with Gasteiger partial charge in [-0.3, -0.25) is 0 Å². The van der Waals surface area contributed by atoms with Gasteiger partial charge in [0, 0.05) is 21.8 Å². The smallest absolute Gasteiger partial charge is 0.358 e. The summed E-state index contributed by atoms with van der Waals surface area (Å²) in [4.78, 5) is 0. The van der Waals surface area contributed by atoms with Gasteiger partial charge in [-0.25, -0.2) is 0 Å². The van der Waals surface area contributed by atoms with Gasteiger partial charge in [0.05, 0.1) is 10.2 Å². The summed E-state index contributed by atoms with van der Waals surface area (Å²) < 4.78 is 22.4. The number of aryl methyl sites for hydroxylation is 1. The van der Waals surface area contributed by atoms with Crippen LogP contribution in [0.15, 0.2) is 54.6 Å². The maximum absolute atomic E-state index is 6.18. The first-order valence-electron chi connectivity index (χ1n) is 10.8. The van der Waals surface area contributed by atoms with Crippen LogP contribution in [0.1, 0.15) is 37.5 Å². The van der Waals surface area contributed by atoms with Crippen molar-refractivity contribution in [3.05, 3.63) is 85.6 Å². The second-order valence-electron chi connectivity index (χ2n) is 8.77. The summed E-state index contributed by atoms with van der Waals surface area (Å²) in [7, 11) is 1.68. The van der Waals surface area contributed by atoms with Crippen molar-refractivity contribution in [3.8, 4) is 11.5 Å². The Hall–Kier alpha value is -0.590. The van der Waals surface area contributed by atoms with Crippen LogP contribution >= 0.6 is 45.2 Å². The average molecular weight is 783 g/mol. The first kappa shape index (κ1) is 27.0. The van der Waals surface area contributed by atoms with Gasteiger partial charge in [-0.05, 0) is 106 Å². The number of methoxy groups -OCH3 is 1. The molecule has 6 heteroatoms. The Balaban J connectivity index is 1.69. The molecule has 0 aromatic heterocycles. The number of hydrogen-bond acceptors (Lipinski definition) is 3. The molecule has 0 heterocycles. The van der Waals surface area contributed by atoms with Crippen LogP contribution in [0.3, 0.4) is 0 Å². The van der Waals surface area contributed by atoms with Gasteiger partial charge in [0.2, 0.25) is 0 Å². The van der Waals surface area contributed by atoms with Crippen molar-refractivity contribution in [3.63, 3.8) is 0 Å². The third kappa shape index (κ3) is 7.96. The van der Waals surface area contributed by atoms with Crippen molar-refractivity contribution >= 4 is 45.2 Å². The fourth-order valence-corrected chi connectivity index (χ4v) is 7.67. The molecule has 0 bridgehead atoms. The molecule has 3 nitrogen and oxygen atoms in total. The maximum atomic E-state index is 6.18. The quantitative estimate of drug-likeness (QED) is 0.241. The molecule has 33 heavy (non-hydrogen) atoms. The number of halogens is 3. The lowest BCUT2D eigenvalue weighted by atomic mass is 9.87. The molecule has 0 spiro atoms. The molecule has 0 N–H and O–H groups in total. The number of hydrogen-bond donors (Lipinski definition) is 0. The number of ether oxygens (including phenoxy) is 3. The minimum absolute atomic E-state index is 0.190. The molecule has 0 fully saturated rings. The van der Waals surface area contributed by atoms with E-state index in [4.69, 9.17) is 14.2 Å². The fourth-order valence-electron chi connectivity index (χ4n) is 3.21. The summed E-state index contributed by atoms with van der Waals surface area (Å²) in [6.45, 7) is 10.5. The molecule has 3 aromatic carbocycles. The Bertz CT molecular complexity index is 1070. The molecule has 0 amide bonds. The topological polar surface area (TPSA) is 27.7 Å². The average Bonchev–Trinajstić information content (AvgIpc) is 2.75. The van der Waals surface area contributed by atoms with Gasteiger partial charge in [0.15, 0.2) is 7.14 Å². The van der Waals surface area contributed by atoms with E-state index in [0.717, 1.165) is 20.6 Å². The zero-order chi connectivity index (χ0) is 24.0. The van der Waals surface area contributed by atoms with Crippen LogP contribution in [-0.2, 0) is 16.8 Å². The predicted octanol–water partition coefficient (Wildman–Crippen LogP) is 4.23. The summed E-state index contributed by atoms with van der Waals surface area (Å²) in [5.74, 6) is 1.77. The Morgan fingerprint density at radius 3 is 2.24 bits per heavy atom. The zero-order valence-corrected chi connectivity index (χ0v) is 26.1. The van der Waals surface area contributed by atoms with Crippen LogP contribution in [0.4, 0.5) is 0 Å². The van der Waals surface area contributed by atoms with E-state index in [1.165, 1.54) is 21.8 Å². The van der Waals surface area contributed by atoms with Crippen molar-refractivity contribution < 1.29 is 35.4 Å². The molecule has 3 aromatic rings. The third-order valence-corrected chi connectivity index (χ3v) is 9.62. The van der Waals surface area contributed by atoms with Gasteiger partial charge in [-0.15, -0.1) is 0 Å². The lowest BCUT2D eigenvalue weighted by Gasteiger charge is -2.18. The summed E-state index contributed by atoms with van der Waals surface area (Å²) >= 11 is 4.44. The minimum atomic E-state index is -0.222. The number of benzene rings is 3. The van der Waals surface area contributed by atoms with E-state index in [1.807, 2.05) is 0 Å². The van der Waals surface area contributed by atoms with Crippen molar-refractivity contribution in [2.45, 2.75) is 39.7 Å². The molecule has 0 unspecified atom stereocenters. The molecule has 3 rings (SSSR count). The Morgan fingerprint density at radius 2 is 1.61 bits per heavy atom. The van der Waals surface area contributed by atoms with E-state index >= 15 is 0 Å². The molecule has 0 radical (unpaired) electrons. The van der Waals surface area contributed by atoms with E-state index in [0.29, 0.717) is 19.8 Å². The largest absolute Gasteiger partial charge is 0.490 e. The Labute approximate surface area is 235 Å². The first-order chi connectivity index (χ1) is 15.7. The highest BCUT2D eigenvalue weighted by molar-refractivity contribution is 14.1.